The van der Waals surface area contributed by atoms with Gasteiger partial charge in [0.15, 0.2) is 0 Å². The van der Waals surface area contributed by atoms with Crippen molar-refractivity contribution in [1.29, 1.82) is 0 Å². The van der Waals surface area contributed by atoms with Crippen molar-refractivity contribution in [3.63, 3.8) is 0 Å². The lowest BCUT2D eigenvalue weighted by Gasteiger charge is -2.29. The number of hydrogen-bond donors (Lipinski definition) is 1. The lowest BCUT2D eigenvalue weighted by molar-refractivity contribution is 0.589. The number of para-hydroxylation sites is 2. The fourth-order valence-electron chi connectivity index (χ4n) is 4.25. The number of benzene rings is 3. The average Bonchev–Trinajstić information content (AvgIpc) is 2.76. The first-order valence-corrected chi connectivity index (χ1v) is 11.8. The molecule has 0 radical (unpaired) electrons. The first-order chi connectivity index (χ1) is 15.0. The number of pyridine rings is 1. The summed E-state index contributed by atoms with van der Waals surface area (Å²) < 4.78 is 28.7. The molecule has 0 spiro atoms. The number of aryl methyl sites for hydroxylation is 1. The van der Waals surface area contributed by atoms with E-state index in [9.17, 15) is 8.42 Å². The number of hydrogen-bond acceptors (Lipinski definition) is 4. The SMILES string of the molecule is Cc1ccc(S(=O)(=O)N2CCCc3c(nc4ccccc4c3N)-c3ccccc32)cc1. The Balaban J connectivity index is 1.74. The summed E-state index contributed by atoms with van der Waals surface area (Å²) in [5.74, 6) is 0. The second-order valence-corrected chi connectivity index (χ2v) is 9.74. The number of nitrogen functional groups attached to an aromatic ring is 1. The fourth-order valence-corrected chi connectivity index (χ4v) is 5.77. The highest BCUT2D eigenvalue weighted by Crippen LogP contribution is 2.40. The van der Waals surface area contributed by atoms with E-state index in [0.717, 1.165) is 39.0 Å². The van der Waals surface area contributed by atoms with Crippen LogP contribution in [-0.2, 0) is 16.4 Å². The molecule has 3 aromatic carbocycles. The Labute approximate surface area is 182 Å². The normalized spacial score (nSPS) is 13.9. The summed E-state index contributed by atoms with van der Waals surface area (Å²) in [5.41, 5.74) is 12.3. The Bertz CT molecular complexity index is 1400. The van der Waals surface area contributed by atoms with E-state index in [-0.39, 0.29) is 0 Å². The van der Waals surface area contributed by atoms with E-state index < -0.39 is 10.0 Å². The van der Waals surface area contributed by atoms with E-state index >= 15 is 0 Å². The molecular weight excluding hydrogens is 406 g/mol. The van der Waals surface area contributed by atoms with Gasteiger partial charge in [-0.25, -0.2) is 13.4 Å². The van der Waals surface area contributed by atoms with Gasteiger partial charge >= 0.3 is 0 Å². The Kier molecular flexibility index (Phi) is 4.67. The van der Waals surface area contributed by atoms with Crippen LogP contribution in [0.4, 0.5) is 11.4 Å². The van der Waals surface area contributed by atoms with E-state index in [4.69, 9.17) is 10.7 Å². The number of anilines is 2. The highest BCUT2D eigenvalue weighted by atomic mass is 32.2. The molecule has 2 heterocycles. The quantitative estimate of drug-likeness (QED) is 0.490. The van der Waals surface area contributed by atoms with Gasteiger partial charge in [-0.1, -0.05) is 54.1 Å². The molecule has 0 unspecified atom stereocenters. The summed E-state index contributed by atoms with van der Waals surface area (Å²) in [5, 5.41) is 0.934. The number of nitrogens with two attached hydrogens (primary N) is 1. The maximum atomic E-state index is 13.6. The van der Waals surface area contributed by atoms with Gasteiger partial charge in [-0.05, 0) is 44.0 Å². The second-order valence-electron chi connectivity index (χ2n) is 7.88. The van der Waals surface area contributed by atoms with Crippen molar-refractivity contribution in [2.45, 2.75) is 24.7 Å². The number of aromatic nitrogens is 1. The average molecular weight is 430 g/mol. The summed E-state index contributed by atoms with van der Waals surface area (Å²) >= 11 is 0. The Hall–Kier alpha value is -3.38. The van der Waals surface area contributed by atoms with Crippen LogP contribution >= 0.6 is 0 Å². The molecule has 6 heteroatoms. The zero-order valence-electron chi connectivity index (χ0n) is 17.2. The molecule has 0 bridgehead atoms. The van der Waals surface area contributed by atoms with E-state index in [0.29, 0.717) is 30.0 Å². The topological polar surface area (TPSA) is 76.3 Å². The lowest BCUT2D eigenvalue weighted by Crippen LogP contribution is -2.33. The van der Waals surface area contributed by atoms with Crippen molar-refractivity contribution in [3.05, 3.63) is 83.9 Å². The molecule has 5 rings (SSSR count). The van der Waals surface area contributed by atoms with Gasteiger partial charge in [0.05, 0.1) is 21.8 Å². The largest absolute Gasteiger partial charge is 0.398 e. The van der Waals surface area contributed by atoms with Crippen LogP contribution in [0, 0.1) is 6.92 Å². The minimum Gasteiger partial charge on any atom is -0.398 e. The molecule has 31 heavy (non-hydrogen) atoms. The third-order valence-corrected chi connectivity index (χ3v) is 7.69. The van der Waals surface area contributed by atoms with Gasteiger partial charge < -0.3 is 5.73 Å². The molecule has 5 nitrogen and oxygen atoms in total. The predicted molar refractivity (Wildman–Crippen MR) is 126 cm³/mol. The monoisotopic (exact) mass is 429 g/mol. The van der Waals surface area contributed by atoms with Crippen LogP contribution in [0.2, 0.25) is 0 Å². The van der Waals surface area contributed by atoms with Crippen LogP contribution in [-0.4, -0.2) is 19.9 Å². The maximum Gasteiger partial charge on any atom is 0.264 e. The van der Waals surface area contributed by atoms with Gasteiger partial charge in [0.25, 0.3) is 10.0 Å². The number of fused-ring (bicyclic) bond motifs is 4. The summed E-state index contributed by atoms with van der Waals surface area (Å²) in [6, 6.07) is 22.4. The van der Waals surface area contributed by atoms with Crippen molar-refractivity contribution in [1.82, 2.24) is 4.98 Å². The van der Waals surface area contributed by atoms with Crippen molar-refractivity contribution in [3.8, 4) is 11.3 Å². The van der Waals surface area contributed by atoms with E-state index in [1.165, 1.54) is 4.31 Å². The van der Waals surface area contributed by atoms with E-state index in [1.54, 1.807) is 12.1 Å². The van der Waals surface area contributed by atoms with Crippen LogP contribution in [0.5, 0.6) is 0 Å². The van der Waals surface area contributed by atoms with Gasteiger partial charge in [-0.2, -0.15) is 0 Å². The van der Waals surface area contributed by atoms with Gasteiger partial charge in [0, 0.05) is 28.7 Å². The minimum atomic E-state index is -3.71. The third-order valence-electron chi connectivity index (χ3n) is 5.86. The van der Waals surface area contributed by atoms with Gasteiger partial charge in [0.2, 0.25) is 0 Å². The van der Waals surface area contributed by atoms with Crippen LogP contribution in [0.25, 0.3) is 22.2 Å². The standard InChI is InChI=1S/C25H23N3O2S/c1-17-12-14-18(15-13-17)31(29,30)28-16-6-9-21-24(26)19-7-2-4-10-22(19)27-25(21)20-8-3-5-11-23(20)28/h2-5,7-8,10-15H,6,9,16H2,1H3,(H2,26,27). The highest BCUT2D eigenvalue weighted by Gasteiger charge is 2.30. The summed E-state index contributed by atoms with van der Waals surface area (Å²) in [6.45, 7) is 2.32. The van der Waals surface area contributed by atoms with Gasteiger partial charge in [-0.15, -0.1) is 0 Å². The summed E-state index contributed by atoms with van der Waals surface area (Å²) in [4.78, 5) is 5.21. The number of nitrogens with zero attached hydrogens (tertiary/aromatic N) is 2. The smallest absolute Gasteiger partial charge is 0.264 e. The lowest BCUT2D eigenvalue weighted by atomic mass is 9.95. The molecule has 1 aromatic heterocycles. The van der Waals surface area contributed by atoms with Crippen molar-refractivity contribution in [2.24, 2.45) is 0 Å². The fraction of sp³-hybridized carbons (Fsp3) is 0.160. The molecule has 0 atom stereocenters. The third kappa shape index (κ3) is 3.24. The minimum absolute atomic E-state index is 0.291. The first kappa shape index (κ1) is 19.6. The van der Waals surface area contributed by atoms with E-state index in [2.05, 4.69) is 0 Å². The second kappa shape index (κ2) is 7.39. The Morgan fingerprint density at radius 1 is 0.935 bits per heavy atom. The number of rotatable bonds is 2. The van der Waals surface area contributed by atoms with Crippen molar-refractivity contribution < 1.29 is 8.42 Å². The van der Waals surface area contributed by atoms with E-state index in [1.807, 2.05) is 67.6 Å². The molecule has 4 aromatic rings. The summed E-state index contributed by atoms with van der Waals surface area (Å²) in [6.07, 6.45) is 1.31. The predicted octanol–water partition coefficient (Wildman–Crippen LogP) is 4.93. The molecule has 0 fully saturated rings. The van der Waals surface area contributed by atoms with Gasteiger partial charge in [-0.3, -0.25) is 4.31 Å². The maximum absolute atomic E-state index is 13.6. The first-order valence-electron chi connectivity index (χ1n) is 10.3. The zero-order valence-corrected chi connectivity index (χ0v) is 18.1. The molecular formula is C25H23N3O2S. The molecule has 0 aliphatic carbocycles. The van der Waals surface area contributed by atoms with Crippen molar-refractivity contribution >= 4 is 32.3 Å². The molecule has 156 valence electrons. The van der Waals surface area contributed by atoms with Crippen LogP contribution in [0.15, 0.2) is 77.7 Å². The van der Waals surface area contributed by atoms with Crippen LogP contribution in [0.1, 0.15) is 17.5 Å². The highest BCUT2D eigenvalue weighted by molar-refractivity contribution is 7.92. The Morgan fingerprint density at radius 2 is 1.65 bits per heavy atom. The van der Waals surface area contributed by atoms with Crippen LogP contribution < -0.4 is 10.0 Å². The van der Waals surface area contributed by atoms with Crippen LogP contribution in [0.3, 0.4) is 0 Å². The molecule has 0 amide bonds. The molecule has 0 saturated heterocycles. The Morgan fingerprint density at radius 3 is 2.45 bits per heavy atom. The number of sulfonamides is 1. The summed E-state index contributed by atoms with van der Waals surface area (Å²) in [7, 11) is -3.71. The zero-order chi connectivity index (χ0) is 21.6. The molecule has 1 aliphatic heterocycles. The van der Waals surface area contributed by atoms with Gasteiger partial charge in [0.1, 0.15) is 0 Å². The molecule has 2 N–H and O–H groups in total. The molecule has 1 aliphatic rings. The van der Waals surface area contributed by atoms with Crippen molar-refractivity contribution in [2.75, 3.05) is 16.6 Å². The molecule has 0 saturated carbocycles.